The lowest BCUT2D eigenvalue weighted by Gasteiger charge is -2.23. The third-order valence-electron chi connectivity index (χ3n) is 3.49. The molecule has 6 heteroatoms. The maximum absolute atomic E-state index is 12.2. The number of amides is 1. The summed E-state index contributed by atoms with van der Waals surface area (Å²) < 4.78 is 1.71. The van der Waals surface area contributed by atoms with Crippen LogP contribution in [0.1, 0.15) is 27.7 Å². The summed E-state index contributed by atoms with van der Waals surface area (Å²) >= 11 is 1.67. The van der Waals surface area contributed by atoms with Gasteiger partial charge in [-0.05, 0) is 43.4 Å². The lowest BCUT2D eigenvalue weighted by atomic mass is 10.1. The first-order chi connectivity index (χ1) is 9.50. The number of aromatic nitrogens is 2. The summed E-state index contributed by atoms with van der Waals surface area (Å²) in [6.07, 6.45) is 1.61. The Hall–Kier alpha value is -1.66. The fraction of sp³-hybridized carbons (Fsp3) is 0.429. The van der Waals surface area contributed by atoms with Crippen LogP contribution in [0.15, 0.2) is 23.0 Å². The summed E-state index contributed by atoms with van der Waals surface area (Å²) in [4.78, 5) is 14.3. The Morgan fingerprint density at radius 2 is 2.30 bits per heavy atom. The third-order valence-corrected chi connectivity index (χ3v) is 4.19. The van der Waals surface area contributed by atoms with E-state index in [4.69, 9.17) is 0 Å². The average molecular weight is 292 g/mol. The van der Waals surface area contributed by atoms with Gasteiger partial charge in [0.25, 0.3) is 5.91 Å². The molecule has 0 aliphatic heterocycles. The van der Waals surface area contributed by atoms with E-state index < -0.39 is 0 Å². The van der Waals surface area contributed by atoms with Gasteiger partial charge in [-0.2, -0.15) is 16.4 Å². The SMILES string of the molecule is Cc1c(C(=O)NCC(c2ccsc2)N(C)C)cnn1C. The number of rotatable bonds is 5. The fourth-order valence-electron chi connectivity index (χ4n) is 2.07. The predicted molar refractivity (Wildman–Crippen MR) is 81.0 cm³/mol. The molecule has 0 radical (unpaired) electrons. The Morgan fingerprint density at radius 3 is 2.80 bits per heavy atom. The molecule has 0 aliphatic rings. The molecule has 0 bridgehead atoms. The molecule has 108 valence electrons. The third kappa shape index (κ3) is 3.08. The first kappa shape index (κ1) is 14.7. The number of hydrogen-bond donors (Lipinski definition) is 1. The summed E-state index contributed by atoms with van der Waals surface area (Å²) in [5.41, 5.74) is 2.73. The minimum absolute atomic E-state index is 0.0716. The van der Waals surface area contributed by atoms with Crippen LogP contribution >= 0.6 is 11.3 Å². The van der Waals surface area contributed by atoms with Gasteiger partial charge < -0.3 is 10.2 Å². The second-order valence-corrected chi connectivity index (χ2v) is 5.79. The van der Waals surface area contributed by atoms with E-state index in [9.17, 15) is 4.79 Å². The van der Waals surface area contributed by atoms with Crippen LogP contribution in [0.2, 0.25) is 0 Å². The molecule has 1 atom stereocenters. The number of carbonyl (C=O) groups excluding carboxylic acids is 1. The molecule has 2 aromatic rings. The van der Waals surface area contributed by atoms with Gasteiger partial charge in [0, 0.05) is 19.3 Å². The number of thiophene rings is 1. The second kappa shape index (κ2) is 6.19. The van der Waals surface area contributed by atoms with E-state index >= 15 is 0 Å². The van der Waals surface area contributed by atoms with Crippen molar-refractivity contribution in [3.8, 4) is 0 Å². The van der Waals surface area contributed by atoms with Crippen LogP contribution in [0, 0.1) is 6.92 Å². The molecular formula is C14H20N4OS. The zero-order valence-corrected chi connectivity index (χ0v) is 13.1. The van der Waals surface area contributed by atoms with Crippen LogP contribution < -0.4 is 5.32 Å². The molecule has 1 N–H and O–H groups in total. The number of carbonyl (C=O) groups is 1. The highest BCUT2D eigenvalue weighted by Crippen LogP contribution is 2.20. The van der Waals surface area contributed by atoms with Gasteiger partial charge in [-0.25, -0.2) is 0 Å². The van der Waals surface area contributed by atoms with Gasteiger partial charge in [0.1, 0.15) is 0 Å². The van der Waals surface area contributed by atoms with Crippen molar-refractivity contribution in [2.75, 3.05) is 20.6 Å². The average Bonchev–Trinajstić information content (AvgIpc) is 3.01. The van der Waals surface area contributed by atoms with Crippen molar-refractivity contribution in [3.05, 3.63) is 39.8 Å². The zero-order chi connectivity index (χ0) is 14.7. The van der Waals surface area contributed by atoms with E-state index in [1.165, 1.54) is 5.56 Å². The van der Waals surface area contributed by atoms with Gasteiger partial charge in [-0.3, -0.25) is 9.48 Å². The zero-order valence-electron chi connectivity index (χ0n) is 12.3. The van der Waals surface area contributed by atoms with Gasteiger partial charge in [-0.15, -0.1) is 0 Å². The summed E-state index contributed by atoms with van der Waals surface area (Å²) in [6, 6.07) is 2.28. The molecule has 0 spiro atoms. The lowest BCUT2D eigenvalue weighted by molar-refractivity contribution is 0.0941. The highest BCUT2D eigenvalue weighted by molar-refractivity contribution is 7.07. The molecule has 2 aromatic heterocycles. The van der Waals surface area contributed by atoms with Gasteiger partial charge in [-0.1, -0.05) is 0 Å². The molecular weight excluding hydrogens is 272 g/mol. The molecule has 2 rings (SSSR count). The standard InChI is InChI=1S/C14H20N4OS/c1-10-12(7-16-18(10)4)14(19)15-8-13(17(2)3)11-5-6-20-9-11/h5-7,9,13H,8H2,1-4H3,(H,15,19). The van der Waals surface area contributed by atoms with Crippen molar-refractivity contribution in [2.24, 2.45) is 7.05 Å². The Bertz CT molecular complexity index is 574. The molecule has 0 saturated carbocycles. The Labute approximate surface area is 123 Å². The molecule has 0 aliphatic carbocycles. The van der Waals surface area contributed by atoms with Gasteiger partial charge in [0.15, 0.2) is 0 Å². The number of hydrogen-bond acceptors (Lipinski definition) is 4. The van der Waals surface area contributed by atoms with E-state index in [1.807, 2.05) is 28.1 Å². The van der Waals surface area contributed by atoms with E-state index in [0.717, 1.165) is 5.69 Å². The van der Waals surface area contributed by atoms with Crippen molar-refractivity contribution in [1.82, 2.24) is 20.0 Å². The van der Waals surface area contributed by atoms with Crippen molar-refractivity contribution in [1.29, 1.82) is 0 Å². The summed E-state index contributed by atoms with van der Waals surface area (Å²) in [5.74, 6) is -0.0716. The molecule has 5 nitrogen and oxygen atoms in total. The molecule has 2 heterocycles. The summed E-state index contributed by atoms with van der Waals surface area (Å²) in [5, 5.41) is 11.3. The predicted octanol–water partition coefficient (Wildman–Crippen LogP) is 1.82. The molecule has 0 fully saturated rings. The van der Waals surface area contributed by atoms with Crippen LogP contribution in [-0.4, -0.2) is 41.2 Å². The number of likely N-dealkylation sites (N-methyl/N-ethyl adjacent to an activating group) is 1. The maximum Gasteiger partial charge on any atom is 0.254 e. The van der Waals surface area contributed by atoms with E-state index in [0.29, 0.717) is 12.1 Å². The van der Waals surface area contributed by atoms with Crippen LogP contribution in [0.3, 0.4) is 0 Å². The maximum atomic E-state index is 12.2. The van der Waals surface area contributed by atoms with Gasteiger partial charge >= 0.3 is 0 Å². The molecule has 0 aromatic carbocycles. The Balaban J connectivity index is 2.03. The number of nitrogens with zero attached hydrogens (tertiary/aromatic N) is 3. The first-order valence-corrected chi connectivity index (χ1v) is 7.40. The van der Waals surface area contributed by atoms with Crippen LogP contribution in [0.5, 0.6) is 0 Å². The number of nitrogens with one attached hydrogen (secondary N) is 1. The largest absolute Gasteiger partial charge is 0.350 e. The van der Waals surface area contributed by atoms with E-state index in [1.54, 1.807) is 22.2 Å². The summed E-state index contributed by atoms with van der Waals surface area (Å²) in [7, 11) is 5.87. The van der Waals surface area contributed by atoms with E-state index in [-0.39, 0.29) is 11.9 Å². The van der Waals surface area contributed by atoms with Crippen LogP contribution in [0.4, 0.5) is 0 Å². The lowest BCUT2D eigenvalue weighted by Crippen LogP contribution is -2.34. The Kier molecular flexibility index (Phi) is 4.57. The number of aryl methyl sites for hydroxylation is 1. The molecule has 0 saturated heterocycles. The quantitative estimate of drug-likeness (QED) is 0.914. The Morgan fingerprint density at radius 1 is 1.55 bits per heavy atom. The normalized spacial score (nSPS) is 12.7. The van der Waals surface area contributed by atoms with Gasteiger partial charge in [0.2, 0.25) is 0 Å². The highest BCUT2D eigenvalue weighted by Gasteiger charge is 2.18. The molecule has 1 amide bonds. The highest BCUT2D eigenvalue weighted by atomic mass is 32.1. The topological polar surface area (TPSA) is 50.2 Å². The van der Waals surface area contributed by atoms with Crippen molar-refractivity contribution in [2.45, 2.75) is 13.0 Å². The monoisotopic (exact) mass is 292 g/mol. The smallest absolute Gasteiger partial charge is 0.254 e. The minimum atomic E-state index is -0.0716. The summed E-state index contributed by atoms with van der Waals surface area (Å²) in [6.45, 7) is 2.47. The van der Waals surface area contributed by atoms with Crippen LogP contribution in [0.25, 0.3) is 0 Å². The van der Waals surface area contributed by atoms with Crippen molar-refractivity contribution in [3.63, 3.8) is 0 Å². The van der Waals surface area contributed by atoms with E-state index in [2.05, 4.69) is 32.1 Å². The fourth-order valence-corrected chi connectivity index (χ4v) is 2.78. The first-order valence-electron chi connectivity index (χ1n) is 6.46. The van der Waals surface area contributed by atoms with Gasteiger partial charge in [0.05, 0.1) is 17.8 Å². The molecule has 20 heavy (non-hydrogen) atoms. The van der Waals surface area contributed by atoms with Crippen molar-refractivity contribution < 1.29 is 4.79 Å². The minimum Gasteiger partial charge on any atom is -0.350 e. The molecule has 1 unspecified atom stereocenters. The van der Waals surface area contributed by atoms with Crippen LogP contribution in [-0.2, 0) is 7.05 Å². The second-order valence-electron chi connectivity index (χ2n) is 5.01. The van der Waals surface area contributed by atoms with Crippen molar-refractivity contribution >= 4 is 17.2 Å².